The number of hydrogen-bond acceptors (Lipinski definition) is 2. The highest BCUT2D eigenvalue weighted by molar-refractivity contribution is 6.36. The Morgan fingerprint density at radius 2 is 2.11 bits per heavy atom. The van der Waals surface area contributed by atoms with Crippen LogP contribution in [0, 0.1) is 0 Å². The van der Waals surface area contributed by atoms with Crippen molar-refractivity contribution in [2.24, 2.45) is 0 Å². The summed E-state index contributed by atoms with van der Waals surface area (Å²) in [4.78, 5) is 16.2. The number of rotatable bonds is 4. The summed E-state index contributed by atoms with van der Waals surface area (Å²) in [5.41, 5.74) is 2.64. The van der Waals surface area contributed by atoms with Crippen LogP contribution in [-0.2, 0) is 12.8 Å². The Hall–Kier alpha value is -1.61. The normalized spacial score (nSPS) is 10.9. The van der Waals surface area contributed by atoms with Crippen molar-refractivity contribution in [1.29, 1.82) is 0 Å². The molecule has 2 aromatic rings. The zero-order chi connectivity index (χ0) is 14.0. The molecule has 100 valence electrons. The first-order chi connectivity index (χ1) is 9.10. The molecule has 1 N–H and O–H groups in total. The van der Waals surface area contributed by atoms with Gasteiger partial charge in [-0.05, 0) is 30.5 Å². The molecular formula is C15H16ClNO2. The summed E-state index contributed by atoms with van der Waals surface area (Å²) >= 11 is 6.16. The van der Waals surface area contributed by atoms with Gasteiger partial charge in [-0.15, -0.1) is 0 Å². The molecular weight excluding hydrogens is 262 g/mol. The van der Waals surface area contributed by atoms with Crippen LogP contribution in [0.2, 0.25) is 5.02 Å². The van der Waals surface area contributed by atoms with Crippen LogP contribution >= 0.6 is 11.6 Å². The Kier molecular flexibility index (Phi) is 4.05. The quantitative estimate of drug-likeness (QED) is 0.915. The largest absolute Gasteiger partial charge is 0.478 e. The molecule has 2 rings (SSSR count). The zero-order valence-electron chi connectivity index (χ0n) is 11.0. The van der Waals surface area contributed by atoms with Crippen LogP contribution < -0.4 is 0 Å². The van der Waals surface area contributed by atoms with Gasteiger partial charge in [0, 0.05) is 11.1 Å². The third-order valence-electron chi connectivity index (χ3n) is 3.20. The molecule has 0 saturated heterocycles. The number of fused-ring (bicyclic) bond motifs is 1. The Labute approximate surface area is 117 Å². The van der Waals surface area contributed by atoms with Gasteiger partial charge in [0.25, 0.3) is 0 Å². The van der Waals surface area contributed by atoms with Crippen molar-refractivity contribution in [3.05, 3.63) is 40.0 Å². The van der Waals surface area contributed by atoms with Crippen LogP contribution in [0.3, 0.4) is 0 Å². The third-order valence-corrected chi connectivity index (χ3v) is 3.52. The van der Waals surface area contributed by atoms with Gasteiger partial charge in [-0.2, -0.15) is 0 Å². The minimum Gasteiger partial charge on any atom is -0.478 e. The number of carboxylic acids is 1. The molecule has 0 unspecified atom stereocenters. The molecule has 0 aliphatic heterocycles. The van der Waals surface area contributed by atoms with Crippen molar-refractivity contribution < 1.29 is 9.90 Å². The Morgan fingerprint density at radius 1 is 1.37 bits per heavy atom. The van der Waals surface area contributed by atoms with E-state index in [-0.39, 0.29) is 0 Å². The Bertz CT molecular complexity index is 638. The Morgan fingerprint density at radius 3 is 2.68 bits per heavy atom. The average Bonchev–Trinajstić information content (AvgIpc) is 2.37. The lowest BCUT2D eigenvalue weighted by Gasteiger charge is -2.14. The van der Waals surface area contributed by atoms with E-state index in [1.807, 2.05) is 13.0 Å². The topological polar surface area (TPSA) is 50.2 Å². The minimum absolute atomic E-state index is 0.307. The maximum atomic E-state index is 11.6. The van der Waals surface area contributed by atoms with E-state index in [2.05, 4.69) is 11.9 Å². The predicted octanol–water partition coefficient (Wildman–Crippen LogP) is 4.10. The highest BCUT2D eigenvalue weighted by atomic mass is 35.5. The van der Waals surface area contributed by atoms with Crippen LogP contribution in [0.25, 0.3) is 10.9 Å². The molecule has 0 amide bonds. The van der Waals surface area contributed by atoms with E-state index in [1.165, 1.54) is 0 Å². The molecule has 3 nitrogen and oxygen atoms in total. The third kappa shape index (κ3) is 2.43. The summed E-state index contributed by atoms with van der Waals surface area (Å²) in [6.45, 7) is 4.01. The maximum Gasteiger partial charge on any atom is 0.336 e. The number of aryl methyl sites for hydroxylation is 1. The van der Waals surface area contributed by atoms with Gasteiger partial charge in [0.2, 0.25) is 0 Å². The number of aromatic carboxylic acids is 1. The molecule has 0 bridgehead atoms. The molecule has 19 heavy (non-hydrogen) atoms. The second-order valence-electron chi connectivity index (χ2n) is 4.45. The maximum absolute atomic E-state index is 11.6. The molecule has 1 aromatic carbocycles. The fourth-order valence-corrected chi connectivity index (χ4v) is 2.69. The van der Waals surface area contributed by atoms with Crippen molar-refractivity contribution in [3.8, 4) is 0 Å². The van der Waals surface area contributed by atoms with Gasteiger partial charge in [-0.25, -0.2) is 4.79 Å². The van der Waals surface area contributed by atoms with Crippen molar-refractivity contribution in [2.75, 3.05) is 0 Å². The lowest BCUT2D eigenvalue weighted by Crippen LogP contribution is -2.09. The minimum atomic E-state index is -0.935. The van der Waals surface area contributed by atoms with Crippen molar-refractivity contribution in [3.63, 3.8) is 0 Å². The summed E-state index contributed by atoms with van der Waals surface area (Å²) in [6, 6.07) is 5.31. The van der Waals surface area contributed by atoms with Crippen LogP contribution in [-0.4, -0.2) is 16.1 Å². The predicted molar refractivity (Wildman–Crippen MR) is 77.1 cm³/mol. The van der Waals surface area contributed by atoms with Crippen molar-refractivity contribution in [2.45, 2.75) is 33.1 Å². The van der Waals surface area contributed by atoms with E-state index in [1.54, 1.807) is 12.1 Å². The first kappa shape index (κ1) is 13.8. The van der Waals surface area contributed by atoms with Crippen molar-refractivity contribution in [1.82, 2.24) is 4.98 Å². The van der Waals surface area contributed by atoms with Crippen LogP contribution in [0.5, 0.6) is 0 Å². The van der Waals surface area contributed by atoms with Gasteiger partial charge in [-0.3, -0.25) is 4.98 Å². The molecule has 0 spiro atoms. The summed E-state index contributed by atoms with van der Waals surface area (Å²) < 4.78 is 0. The fraction of sp³-hybridized carbons (Fsp3) is 0.333. The molecule has 4 heteroatoms. The van der Waals surface area contributed by atoms with Crippen LogP contribution in [0.1, 0.15) is 41.9 Å². The van der Waals surface area contributed by atoms with E-state index in [9.17, 15) is 9.90 Å². The number of carbonyl (C=O) groups is 1. The fourth-order valence-electron chi connectivity index (χ4n) is 2.42. The number of halogens is 1. The molecule has 1 heterocycles. The van der Waals surface area contributed by atoms with E-state index >= 15 is 0 Å². The van der Waals surface area contributed by atoms with E-state index in [4.69, 9.17) is 11.6 Å². The highest BCUT2D eigenvalue weighted by Gasteiger charge is 2.20. The van der Waals surface area contributed by atoms with Crippen molar-refractivity contribution >= 4 is 28.5 Å². The number of aromatic nitrogens is 1. The second-order valence-corrected chi connectivity index (χ2v) is 4.86. The zero-order valence-corrected chi connectivity index (χ0v) is 11.8. The van der Waals surface area contributed by atoms with Gasteiger partial charge >= 0.3 is 5.97 Å². The first-order valence-corrected chi connectivity index (χ1v) is 6.81. The molecule has 0 atom stereocenters. The van der Waals surface area contributed by atoms with Crippen LogP contribution in [0.4, 0.5) is 0 Å². The van der Waals surface area contributed by atoms with Gasteiger partial charge < -0.3 is 5.11 Å². The summed E-state index contributed by atoms with van der Waals surface area (Å²) in [5.74, 6) is -0.935. The number of nitrogens with zero attached hydrogens (tertiary/aromatic N) is 1. The molecule has 0 radical (unpaired) electrons. The number of hydrogen-bond donors (Lipinski definition) is 1. The number of carboxylic acid groups (broad SMARTS) is 1. The van der Waals surface area contributed by atoms with E-state index in [0.29, 0.717) is 27.9 Å². The molecule has 0 fully saturated rings. The monoisotopic (exact) mass is 277 g/mol. The molecule has 0 aliphatic rings. The standard InChI is InChI=1S/C15H16ClNO2/c1-3-6-11-9(4-2)13(15(18)19)14-10(16)7-5-8-12(14)17-11/h5,7-8H,3-4,6H2,1-2H3,(H,18,19). The summed E-state index contributed by atoms with van der Waals surface area (Å²) in [6.07, 6.45) is 2.36. The number of pyridine rings is 1. The molecule has 0 saturated carbocycles. The lowest BCUT2D eigenvalue weighted by atomic mass is 9.96. The van der Waals surface area contributed by atoms with E-state index in [0.717, 1.165) is 24.1 Å². The SMILES string of the molecule is CCCc1nc2cccc(Cl)c2c(C(=O)O)c1CC. The summed E-state index contributed by atoms with van der Waals surface area (Å²) in [5, 5.41) is 10.5. The number of benzene rings is 1. The molecule has 1 aromatic heterocycles. The second kappa shape index (κ2) is 5.57. The first-order valence-electron chi connectivity index (χ1n) is 6.43. The van der Waals surface area contributed by atoms with Gasteiger partial charge in [0.05, 0.1) is 16.1 Å². The van der Waals surface area contributed by atoms with Gasteiger partial charge in [-0.1, -0.05) is 37.9 Å². The molecule has 0 aliphatic carbocycles. The highest BCUT2D eigenvalue weighted by Crippen LogP contribution is 2.30. The summed E-state index contributed by atoms with van der Waals surface area (Å²) in [7, 11) is 0. The average molecular weight is 278 g/mol. The Balaban J connectivity index is 2.91. The van der Waals surface area contributed by atoms with Gasteiger partial charge in [0.15, 0.2) is 0 Å². The van der Waals surface area contributed by atoms with Crippen LogP contribution in [0.15, 0.2) is 18.2 Å². The van der Waals surface area contributed by atoms with Gasteiger partial charge in [0.1, 0.15) is 0 Å². The van der Waals surface area contributed by atoms with E-state index < -0.39 is 5.97 Å². The smallest absolute Gasteiger partial charge is 0.336 e. The lowest BCUT2D eigenvalue weighted by molar-refractivity contribution is 0.0697.